The Labute approximate surface area is 184 Å². The van der Waals surface area contributed by atoms with Crippen molar-refractivity contribution in [3.05, 3.63) is 83.0 Å². The first-order chi connectivity index (χ1) is 15.1. The number of fused-ring (bicyclic) bond motifs is 6. The molecule has 2 aliphatic carbocycles. The van der Waals surface area contributed by atoms with Crippen molar-refractivity contribution in [2.75, 3.05) is 0 Å². The van der Waals surface area contributed by atoms with Crippen LogP contribution in [0.2, 0.25) is 5.02 Å². The third-order valence-electron chi connectivity index (χ3n) is 6.84. The van der Waals surface area contributed by atoms with Gasteiger partial charge in [0.1, 0.15) is 0 Å². The molecule has 6 heteroatoms. The molecule has 0 radical (unpaired) electrons. The Bertz CT molecular complexity index is 1240. The number of hydrazone groups is 1. The molecule has 0 N–H and O–H groups in total. The number of nitrogens with zero attached hydrogens (tertiary/aromatic N) is 3. The molecule has 2 fully saturated rings. The molecule has 0 unspecified atom stereocenters. The van der Waals surface area contributed by atoms with E-state index in [4.69, 9.17) is 11.6 Å². The van der Waals surface area contributed by atoms with Crippen LogP contribution in [0.5, 0.6) is 0 Å². The predicted molar refractivity (Wildman–Crippen MR) is 120 cm³/mol. The highest BCUT2D eigenvalue weighted by Crippen LogP contribution is 2.52. The summed E-state index contributed by atoms with van der Waals surface area (Å²) in [6, 6.07) is 15.8. The molecule has 1 aliphatic heterocycles. The average molecular weight is 430 g/mol. The Kier molecular flexibility index (Phi) is 4.15. The third-order valence-corrected chi connectivity index (χ3v) is 7.10. The summed E-state index contributed by atoms with van der Waals surface area (Å²) in [6.07, 6.45) is 8.76. The van der Waals surface area contributed by atoms with E-state index in [0.29, 0.717) is 11.6 Å². The molecule has 6 rings (SSSR count). The quantitative estimate of drug-likeness (QED) is 0.348. The van der Waals surface area contributed by atoms with Crippen LogP contribution in [0.4, 0.5) is 0 Å². The van der Waals surface area contributed by atoms with Crippen molar-refractivity contribution in [2.45, 2.75) is 13.0 Å². The Balaban J connectivity index is 1.31. The fraction of sp³-hybridized carbons (Fsp3) is 0.240. The molecule has 4 atom stereocenters. The third kappa shape index (κ3) is 2.87. The van der Waals surface area contributed by atoms with Crippen LogP contribution in [0.3, 0.4) is 0 Å². The number of aromatic nitrogens is 1. The summed E-state index contributed by atoms with van der Waals surface area (Å²) in [7, 11) is 0. The normalized spacial score (nSPS) is 26.7. The van der Waals surface area contributed by atoms with E-state index in [-0.39, 0.29) is 35.5 Å². The molecule has 3 aliphatic rings. The Hall–Kier alpha value is -3.18. The predicted octanol–water partition coefficient (Wildman–Crippen LogP) is 4.48. The van der Waals surface area contributed by atoms with E-state index >= 15 is 0 Å². The van der Waals surface area contributed by atoms with Crippen LogP contribution < -0.4 is 0 Å². The molecule has 2 bridgehead atoms. The van der Waals surface area contributed by atoms with Crippen molar-refractivity contribution < 1.29 is 9.59 Å². The van der Waals surface area contributed by atoms with Crippen LogP contribution in [-0.2, 0) is 16.1 Å². The van der Waals surface area contributed by atoms with Gasteiger partial charge in [-0.25, -0.2) is 0 Å². The number of para-hydroxylation sites is 1. The van der Waals surface area contributed by atoms with Gasteiger partial charge in [-0.3, -0.25) is 9.59 Å². The zero-order chi connectivity index (χ0) is 21.1. The fourth-order valence-electron chi connectivity index (χ4n) is 5.42. The summed E-state index contributed by atoms with van der Waals surface area (Å²) in [5.74, 6) is -0.404. The summed E-state index contributed by atoms with van der Waals surface area (Å²) < 4.78 is 2.15. The summed E-state index contributed by atoms with van der Waals surface area (Å²) in [5, 5.41) is 7.21. The van der Waals surface area contributed by atoms with E-state index < -0.39 is 0 Å². The summed E-state index contributed by atoms with van der Waals surface area (Å²) in [5.41, 5.74) is 3.08. The summed E-state index contributed by atoms with van der Waals surface area (Å²) >= 11 is 6.01. The standard InChI is InChI=1S/C25H20ClN3O2/c26-19-9-5-15(6-10-19)13-28-14-18(20-3-1-2-4-21(20)28)12-27-29-24(30)22-16-7-8-17(11-16)23(22)25(29)31/h1-10,12,14,16-17,22-23H,11,13H2/b27-12-/t16-,17-,22-,23+/m0/s1. The number of imide groups is 1. The molecule has 2 heterocycles. The molecule has 1 saturated carbocycles. The van der Waals surface area contributed by atoms with E-state index in [0.717, 1.165) is 33.5 Å². The largest absolute Gasteiger partial charge is 0.342 e. The smallest absolute Gasteiger partial charge is 0.254 e. The molecule has 3 aromatic rings. The molecule has 5 nitrogen and oxygen atoms in total. The maximum atomic E-state index is 12.9. The van der Waals surface area contributed by atoms with Gasteiger partial charge in [-0.15, -0.1) is 0 Å². The molecule has 2 amide bonds. The number of carbonyl (C=O) groups excluding carboxylic acids is 2. The molecule has 1 aromatic heterocycles. The van der Waals surface area contributed by atoms with Gasteiger partial charge in [-0.2, -0.15) is 10.1 Å². The highest BCUT2D eigenvalue weighted by atomic mass is 35.5. The lowest BCUT2D eigenvalue weighted by molar-refractivity contribution is -0.140. The number of carbonyl (C=O) groups is 2. The van der Waals surface area contributed by atoms with E-state index in [2.05, 4.69) is 27.9 Å². The minimum Gasteiger partial charge on any atom is -0.342 e. The van der Waals surface area contributed by atoms with E-state index in [9.17, 15) is 9.59 Å². The number of benzene rings is 2. The number of hydrogen-bond acceptors (Lipinski definition) is 3. The lowest BCUT2D eigenvalue weighted by atomic mass is 9.85. The monoisotopic (exact) mass is 429 g/mol. The topological polar surface area (TPSA) is 54.7 Å². The van der Waals surface area contributed by atoms with Gasteiger partial charge in [-0.05, 0) is 42.0 Å². The van der Waals surface area contributed by atoms with Crippen LogP contribution in [0, 0.1) is 23.7 Å². The highest BCUT2D eigenvalue weighted by Gasteiger charge is 2.59. The van der Waals surface area contributed by atoms with Gasteiger partial charge in [0.2, 0.25) is 0 Å². The van der Waals surface area contributed by atoms with Gasteiger partial charge in [-0.1, -0.05) is 54.1 Å². The molecular formula is C25H20ClN3O2. The SMILES string of the molecule is O=C1[C@@H]2[C@H](C(=O)N1/N=C\c1cn(Cc3ccc(Cl)cc3)c3ccccc13)[C@H]1C=C[C@H]2C1. The van der Waals surface area contributed by atoms with E-state index in [1.807, 2.05) is 48.7 Å². The molecule has 154 valence electrons. The number of hydrogen-bond donors (Lipinski definition) is 0. The molecule has 1 saturated heterocycles. The second-order valence-corrected chi connectivity index (χ2v) is 9.03. The van der Waals surface area contributed by atoms with Gasteiger partial charge in [0.25, 0.3) is 11.8 Å². The van der Waals surface area contributed by atoms with Crippen molar-refractivity contribution in [2.24, 2.45) is 28.8 Å². The van der Waals surface area contributed by atoms with Crippen molar-refractivity contribution in [3.63, 3.8) is 0 Å². The van der Waals surface area contributed by atoms with Gasteiger partial charge in [0.05, 0.1) is 18.1 Å². The Morgan fingerprint density at radius 1 is 0.968 bits per heavy atom. The second kappa shape index (κ2) is 6.92. The van der Waals surface area contributed by atoms with Crippen molar-refractivity contribution in [1.82, 2.24) is 9.58 Å². The van der Waals surface area contributed by atoms with Crippen molar-refractivity contribution in [1.29, 1.82) is 0 Å². The highest BCUT2D eigenvalue weighted by molar-refractivity contribution is 6.30. The first-order valence-electron chi connectivity index (χ1n) is 10.5. The van der Waals surface area contributed by atoms with Crippen molar-refractivity contribution >= 4 is 40.5 Å². The second-order valence-electron chi connectivity index (χ2n) is 8.59. The van der Waals surface area contributed by atoms with Crippen LogP contribution in [0.25, 0.3) is 10.9 Å². The molecule has 31 heavy (non-hydrogen) atoms. The van der Waals surface area contributed by atoms with Gasteiger partial charge < -0.3 is 4.57 Å². The maximum absolute atomic E-state index is 12.9. The fourth-order valence-corrected chi connectivity index (χ4v) is 5.54. The van der Waals surface area contributed by atoms with Gasteiger partial charge >= 0.3 is 0 Å². The average Bonchev–Trinajstić information content (AvgIpc) is 3.53. The molecule has 0 spiro atoms. The number of allylic oxidation sites excluding steroid dienone is 2. The Morgan fingerprint density at radius 2 is 1.65 bits per heavy atom. The minimum absolute atomic E-state index is 0.159. The van der Waals surface area contributed by atoms with Crippen LogP contribution in [0.1, 0.15) is 17.5 Å². The number of halogens is 1. The first-order valence-corrected chi connectivity index (χ1v) is 10.9. The van der Waals surface area contributed by atoms with Crippen LogP contribution in [-0.4, -0.2) is 27.6 Å². The maximum Gasteiger partial charge on any atom is 0.254 e. The lowest BCUT2D eigenvalue weighted by Gasteiger charge is -2.13. The van der Waals surface area contributed by atoms with Gasteiger partial charge in [0, 0.05) is 34.2 Å². The van der Waals surface area contributed by atoms with E-state index in [1.165, 1.54) is 0 Å². The zero-order valence-electron chi connectivity index (χ0n) is 16.7. The summed E-state index contributed by atoms with van der Waals surface area (Å²) in [4.78, 5) is 25.8. The van der Waals surface area contributed by atoms with Crippen molar-refractivity contribution in [3.8, 4) is 0 Å². The molecular weight excluding hydrogens is 410 g/mol. The number of amides is 2. The summed E-state index contributed by atoms with van der Waals surface area (Å²) in [6.45, 7) is 0.687. The Morgan fingerprint density at radius 3 is 2.35 bits per heavy atom. The van der Waals surface area contributed by atoms with Crippen LogP contribution in [0.15, 0.2) is 72.0 Å². The molecule has 2 aromatic carbocycles. The zero-order valence-corrected chi connectivity index (χ0v) is 17.4. The van der Waals surface area contributed by atoms with E-state index in [1.54, 1.807) is 6.21 Å². The van der Waals surface area contributed by atoms with Crippen LogP contribution >= 0.6 is 11.6 Å². The lowest BCUT2D eigenvalue weighted by Crippen LogP contribution is -2.28. The number of rotatable bonds is 4. The van der Waals surface area contributed by atoms with Gasteiger partial charge in [0.15, 0.2) is 0 Å². The first kappa shape index (κ1) is 18.6. The minimum atomic E-state index is -0.231.